The Morgan fingerprint density at radius 3 is 2.60 bits per heavy atom. The number of hydrogen-bond acceptors (Lipinski definition) is 3. The summed E-state index contributed by atoms with van der Waals surface area (Å²) in [7, 11) is 0. The molecule has 1 amide bonds. The molecule has 25 heavy (non-hydrogen) atoms. The van der Waals surface area contributed by atoms with E-state index >= 15 is 0 Å². The van der Waals surface area contributed by atoms with Crippen molar-refractivity contribution in [1.82, 2.24) is 4.90 Å². The van der Waals surface area contributed by atoms with Crippen LogP contribution in [0, 0.1) is 31.6 Å². The first-order chi connectivity index (χ1) is 12.0. The number of benzene rings is 1. The Kier molecular flexibility index (Phi) is 5.30. The molecule has 5 heteroatoms. The average molecular weight is 345 g/mol. The molecule has 1 aromatic carbocycles. The first-order valence-corrected chi connectivity index (χ1v) is 9.16. The van der Waals surface area contributed by atoms with Crippen molar-refractivity contribution in [2.24, 2.45) is 17.8 Å². The van der Waals surface area contributed by atoms with Crippen LogP contribution in [-0.2, 0) is 9.59 Å². The molecule has 1 heterocycles. The van der Waals surface area contributed by atoms with E-state index in [4.69, 9.17) is 4.74 Å². The van der Waals surface area contributed by atoms with Gasteiger partial charge in [0.2, 0.25) is 5.91 Å². The third kappa shape index (κ3) is 4.33. The number of ether oxygens (including phenoxy) is 1. The van der Waals surface area contributed by atoms with E-state index in [1.165, 1.54) is 11.1 Å². The van der Waals surface area contributed by atoms with Gasteiger partial charge in [0.25, 0.3) is 0 Å². The zero-order valence-electron chi connectivity index (χ0n) is 15.0. The lowest BCUT2D eigenvalue weighted by atomic mass is 9.92. The SMILES string of the molecule is Cc1ccc(OCCCC(=O)N2C[C@H](C(=O)O)[C@@H](C3CC3)C2)cc1C. The summed E-state index contributed by atoms with van der Waals surface area (Å²) in [6.45, 7) is 5.59. The lowest BCUT2D eigenvalue weighted by Gasteiger charge is -2.16. The third-order valence-corrected chi connectivity index (χ3v) is 5.54. The van der Waals surface area contributed by atoms with Crippen LogP contribution in [0.1, 0.15) is 36.8 Å². The number of likely N-dealkylation sites (tertiary alicyclic amines) is 1. The number of aryl methyl sites for hydroxylation is 2. The summed E-state index contributed by atoms with van der Waals surface area (Å²) in [5.41, 5.74) is 2.42. The molecule has 2 aliphatic rings. The van der Waals surface area contributed by atoms with Crippen LogP contribution in [0.15, 0.2) is 18.2 Å². The molecule has 1 saturated carbocycles. The van der Waals surface area contributed by atoms with E-state index in [-0.39, 0.29) is 17.7 Å². The standard InChI is InChI=1S/C20H27NO4/c1-13-5-8-16(10-14(13)2)25-9-3-4-19(22)21-11-17(15-6-7-15)18(12-21)20(23)24/h5,8,10,15,17-18H,3-4,6-7,9,11-12H2,1-2H3,(H,23,24)/t17-,18+/m1/s1. The Hall–Kier alpha value is -2.04. The van der Waals surface area contributed by atoms with Gasteiger partial charge < -0.3 is 14.7 Å². The van der Waals surface area contributed by atoms with E-state index < -0.39 is 5.97 Å². The topological polar surface area (TPSA) is 66.8 Å². The highest BCUT2D eigenvalue weighted by atomic mass is 16.5. The predicted molar refractivity (Wildman–Crippen MR) is 94.6 cm³/mol. The van der Waals surface area contributed by atoms with Crippen molar-refractivity contribution in [3.63, 3.8) is 0 Å². The lowest BCUT2D eigenvalue weighted by Crippen LogP contribution is -2.30. The molecule has 2 atom stereocenters. The molecule has 3 rings (SSSR count). The van der Waals surface area contributed by atoms with Gasteiger partial charge in [-0.3, -0.25) is 9.59 Å². The van der Waals surface area contributed by atoms with Crippen LogP contribution in [0.2, 0.25) is 0 Å². The Labute approximate surface area is 149 Å². The second-order valence-electron chi connectivity index (χ2n) is 7.44. The zero-order valence-corrected chi connectivity index (χ0v) is 15.0. The minimum absolute atomic E-state index is 0.0538. The van der Waals surface area contributed by atoms with Crippen molar-refractivity contribution in [3.05, 3.63) is 29.3 Å². The summed E-state index contributed by atoms with van der Waals surface area (Å²) in [6.07, 6.45) is 3.28. The van der Waals surface area contributed by atoms with Crippen LogP contribution < -0.4 is 4.74 Å². The maximum atomic E-state index is 12.4. The molecule has 1 aromatic rings. The quantitative estimate of drug-likeness (QED) is 0.772. The van der Waals surface area contributed by atoms with Crippen molar-refractivity contribution in [1.29, 1.82) is 0 Å². The number of hydrogen-bond donors (Lipinski definition) is 1. The van der Waals surface area contributed by atoms with E-state index in [9.17, 15) is 14.7 Å². The Morgan fingerprint density at radius 1 is 1.20 bits per heavy atom. The van der Waals surface area contributed by atoms with Crippen molar-refractivity contribution in [2.75, 3.05) is 19.7 Å². The van der Waals surface area contributed by atoms with Crippen molar-refractivity contribution in [2.45, 2.75) is 39.5 Å². The van der Waals surface area contributed by atoms with Crippen molar-refractivity contribution < 1.29 is 19.4 Å². The Morgan fingerprint density at radius 2 is 1.96 bits per heavy atom. The molecule has 2 fully saturated rings. The fourth-order valence-corrected chi connectivity index (χ4v) is 3.67. The highest BCUT2D eigenvalue weighted by Crippen LogP contribution is 2.44. The van der Waals surface area contributed by atoms with Crippen LogP contribution in [0.5, 0.6) is 5.75 Å². The molecule has 0 unspecified atom stereocenters. The van der Waals surface area contributed by atoms with Gasteiger partial charge in [0, 0.05) is 19.5 Å². The largest absolute Gasteiger partial charge is 0.494 e. The summed E-state index contributed by atoms with van der Waals surface area (Å²) >= 11 is 0. The average Bonchev–Trinajstić information content (AvgIpc) is 3.32. The van der Waals surface area contributed by atoms with Crippen LogP contribution in [0.25, 0.3) is 0 Å². The number of nitrogens with zero attached hydrogens (tertiary/aromatic N) is 1. The fourth-order valence-electron chi connectivity index (χ4n) is 3.67. The number of carbonyl (C=O) groups excluding carboxylic acids is 1. The fraction of sp³-hybridized carbons (Fsp3) is 0.600. The van der Waals surface area contributed by atoms with E-state index in [1.54, 1.807) is 4.90 Å². The van der Waals surface area contributed by atoms with Gasteiger partial charge in [-0.25, -0.2) is 0 Å². The van der Waals surface area contributed by atoms with E-state index in [1.807, 2.05) is 25.1 Å². The minimum Gasteiger partial charge on any atom is -0.494 e. The first kappa shape index (κ1) is 17.8. The molecule has 0 bridgehead atoms. The molecule has 0 aromatic heterocycles. The van der Waals surface area contributed by atoms with Gasteiger partial charge in [0.15, 0.2) is 0 Å². The third-order valence-electron chi connectivity index (χ3n) is 5.54. The highest BCUT2D eigenvalue weighted by Gasteiger charge is 2.46. The number of amides is 1. The van der Waals surface area contributed by atoms with Gasteiger partial charge >= 0.3 is 5.97 Å². The van der Waals surface area contributed by atoms with Gasteiger partial charge in [-0.15, -0.1) is 0 Å². The molecule has 0 spiro atoms. The van der Waals surface area contributed by atoms with Gasteiger partial charge in [-0.2, -0.15) is 0 Å². The maximum absolute atomic E-state index is 12.4. The molecule has 0 radical (unpaired) electrons. The number of carboxylic acid groups (broad SMARTS) is 1. The van der Waals surface area contributed by atoms with Crippen molar-refractivity contribution >= 4 is 11.9 Å². The van der Waals surface area contributed by atoms with Crippen LogP contribution in [-0.4, -0.2) is 41.6 Å². The number of carbonyl (C=O) groups is 2. The molecule has 136 valence electrons. The Bertz CT molecular complexity index is 653. The molecular weight excluding hydrogens is 318 g/mol. The van der Waals surface area contributed by atoms with E-state index in [0.29, 0.717) is 38.5 Å². The minimum atomic E-state index is -0.759. The van der Waals surface area contributed by atoms with Crippen LogP contribution in [0.3, 0.4) is 0 Å². The summed E-state index contributed by atoms with van der Waals surface area (Å²) in [6, 6.07) is 5.99. The summed E-state index contributed by atoms with van der Waals surface area (Å²) in [5, 5.41) is 9.38. The molecule has 1 aliphatic heterocycles. The number of carboxylic acids is 1. The summed E-state index contributed by atoms with van der Waals surface area (Å²) in [5.74, 6) is 0.392. The van der Waals surface area contributed by atoms with Crippen LogP contribution in [0.4, 0.5) is 0 Å². The normalized spacial score (nSPS) is 22.9. The van der Waals surface area contributed by atoms with Crippen molar-refractivity contribution in [3.8, 4) is 5.75 Å². The molecule has 1 saturated heterocycles. The lowest BCUT2D eigenvalue weighted by molar-refractivity contribution is -0.142. The van der Waals surface area contributed by atoms with Crippen LogP contribution >= 0.6 is 0 Å². The molecular formula is C20H27NO4. The molecule has 1 aliphatic carbocycles. The van der Waals surface area contributed by atoms with E-state index in [0.717, 1.165) is 18.6 Å². The maximum Gasteiger partial charge on any atom is 0.308 e. The second-order valence-corrected chi connectivity index (χ2v) is 7.44. The zero-order chi connectivity index (χ0) is 18.0. The Balaban J connectivity index is 1.43. The van der Waals surface area contributed by atoms with Gasteiger partial charge in [-0.05, 0) is 68.2 Å². The van der Waals surface area contributed by atoms with Gasteiger partial charge in [0.05, 0.1) is 12.5 Å². The predicted octanol–water partition coefficient (Wildman–Crippen LogP) is 3.03. The monoisotopic (exact) mass is 345 g/mol. The summed E-state index contributed by atoms with van der Waals surface area (Å²) < 4.78 is 5.72. The van der Waals surface area contributed by atoms with Gasteiger partial charge in [0.1, 0.15) is 5.75 Å². The van der Waals surface area contributed by atoms with E-state index in [2.05, 4.69) is 6.92 Å². The second kappa shape index (κ2) is 7.46. The highest BCUT2D eigenvalue weighted by molar-refractivity contribution is 5.79. The molecule has 1 N–H and O–H groups in total. The summed E-state index contributed by atoms with van der Waals surface area (Å²) in [4.78, 5) is 25.6. The van der Waals surface area contributed by atoms with Gasteiger partial charge in [-0.1, -0.05) is 6.07 Å². The smallest absolute Gasteiger partial charge is 0.308 e. The number of aliphatic carboxylic acids is 1. The molecule has 5 nitrogen and oxygen atoms in total. The first-order valence-electron chi connectivity index (χ1n) is 9.16. The number of rotatable bonds is 7.